The quantitative estimate of drug-likeness (QED) is 0.137. The first-order chi connectivity index (χ1) is 63.5. The highest BCUT2D eigenvalue weighted by molar-refractivity contribution is 6.17. The molecule has 0 bridgehead atoms. The highest BCUT2D eigenvalue weighted by Crippen LogP contribution is 2.56. The van der Waals surface area contributed by atoms with Gasteiger partial charge in [-0.3, -0.25) is 0 Å². The number of hydrogen-bond donors (Lipinski definition) is 0. The molecular weight excluding hydrogens is 1570 g/mol. The van der Waals surface area contributed by atoms with E-state index in [1.807, 2.05) is 0 Å². The van der Waals surface area contributed by atoms with Gasteiger partial charge in [0.15, 0.2) is 0 Å². The molecule has 616 valence electrons. The van der Waals surface area contributed by atoms with Crippen molar-refractivity contribution in [3.63, 3.8) is 0 Å². The molecule has 0 radical (unpaired) electrons. The van der Waals surface area contributed by atoms with E-state index in [0.717, 1.165) is 0 Å². The molecule has 4 heteroatoms. The summed E-state index contributed by atoms with van der Waals surface area (Å²) in [6, 6.07) is 155. The lowest BCUT2D eigenvalue weighted by molar-refractivity contribution is 0.660. The molecule has 27 rings (SSSR count). The third-order valence-electron chi connectivity index (χ3n) is 30.3. The number of aromatic nitrogens is 4. The summed E-state index contributed by atoms with van der Waals surface area (Å²) < 4.78 is 9.92. The first kappa shape index (κ1) is 75.7. The van der Waals surface area contributed by atoms with Gasteiger partial charge in [0.2, 0.25) is 0 Å². The van der Waals surface area contributed by atoms with Crippen molar-refractivity contribution >= 4 is 87.2 Å². The number of nitrogens with zero attached hydrogens (tertiary/aromatic N) is 4. The van der Waals surface area contributed by atoms with Crippen molar-refractivity contribution in [3.05, 3.63) is 457 Å². The molecule has 0 saturated carbocycles. The molecule has 0 N–H and O–H groups in total. The SMILES string of the molecule is CC1(C)c2ccccc2-c2ccc(-n3c4ccc(-c5ccccc5)cc4c4cc(-c5ccc6c(c5)c5cc(-c7ccccc7)ccc5n6-c5ccc6c(c5)C(C)(C)c5ccccc5-6)ccc43)cc21.CC1(C)c2ccccc2-c2ccc(-n3c4ccccc4c4cc(-c5ccc6c(c5)c5cc(-c7ccccc7)ccc5n6-c5ccc6c(c5)C(C)(C)c5ccccc5-6)ccc43)cc21. The maximum atomic E-state index is 2.49. The molecule has 4 aliphatic carbocycles. The van der Waals surface area contributed by atoms with Gasteiger partial charge in [0.25, 0.3) is 0 Å². The molecule has 0 saturated heterocycles. The summed E-state index contributed by atoms with van der Waals surface area (Å²) in [4.78, 5) is 0. The molecule has 0 amide bonds. The fraction of sp³-hybridized carbons (Fsp3) is 0.0952. The van der Waals surface area contributed by atoms with Crippen LogP contribution in [0.15, 0.2) is 413 Å². The number of hydrogen-bond acceptors (Lipinski definition) is 0. The first-order valence-electron chi connectivity index (χ1n) is 45.9. The topological polar surface area (TPSA) is 19.7 Å². The Hall–Kier alpha value is -15.6. The summed E-state index contributed by atoms with van der Waals surface area (Å²) in [7, 11) is 0. The normalized spacial score (nSPS) is 14.2. The van der Waals surface area contributed by atoms with Crippen LogP contribution in [-0.4, -0.2) is 18.3 Å². The van der Waals surface area contributed by atoms with E-state index >= 15 is 0 Å². The Balaban J connectivity index is 0.000000137. The second-order valence-electron chi connectivity index (χ2n) is 38.7. The van der Waals surface area contributed by atoms with Crippen LogP contribution in [0.4, 0.5) is 0 Å². The van der Waals surface area contributed by atoms with Gasteiger partial charge in [0.1, 0.15) is 0 Å². The van der Waals surface area contributed by atoms with Crippen molar-refractivity contribution in [2.45, 2.75) is 77.0 Å². The van der Waals surface area contributed by atoms with E-state index in [9.17, 15) is 0 Å². The minimum atomic E-state index is -0.0963. The van der Waals surface area contributed by atoms with E-state index < -0.39 is 0 Å². The van der Waals surface area contributed by atoms with Crippen LogP contribution >= 0.6 is 0 Å². The number of fused-ring (bicyclic) bond motifs is 24. The molecule has 0 aliphatic heterocycles. The summed E-state index contributed by atoms with van der Waals surface area (Å²) in [5.41, 5.74) is 48.1. The predicted octanol–water partition coefficient (Wildman–Crippen LogP) is 33.3. The maximum Gasteiger partial charge on any atom is 0.0541 e. The molecule has 4 aliphatic rings. The van der Waals surface area contributed by atoms with E-state index in [0.29, 0.717) is 0 Å². The van der Waals surface area contributed by atoms with Crippen molar-refractivity contribution < 1.29 is 0 Å². The van der Waals surface area contributed by atoms with Crippen molar-refractivity contribution in [2.24, 2.45) is 0 Å². The largest absolute Gasteiger partial charge is 0.309 e. The average molecular weight is 1660 g/mol. The molecule has 23 aromatic rings. The van der Waals surface area contributed by atoms with Gasteiger partial charge < -0.3 is 18.3 Å². The highest BCUT2D eigenvalue weighted by Gasteiger charge is 2.40. The molecule has 4 heterocycles. The fourth-order valence-electron chi connectivity index (χ4n) is 23.6. The Labute approximate surface area is 757 Å². The van der Waals surface area contributed by atoms with Crippen LogP contribution in [0.25, 0.3) is 210 Å². The van der Waals surface area contributed by atoms with Crippen molar-refractivity contribution in [3.8, 4) is 123 Å². The fourth-order valence-corrected chi connectivity index (χ4v) is 23.6. The third-order valence-corrected chi connectivity index (χ3v) is 30.3. The predicted molar refractivity (Wildman–Crippen MR) is 548 cm³/mol. The van der Waals surface area contributed by atoms with Crippen LogP contribution in [0, 0.1) is 0 Å². The van der Waals surface area contributed by atoms with E-state index in [1.165, 1.54) is 255 Å². The Bertz CT molecular complexity index is 8500. The summed E-state index contributed by atoms with van der Waals surface area (Å²) >= 11 is 0. The van der Waals surface area contributed by atoms with Gasteiger partial charge in [0.05, 0.1) is 44.1 Å². The van der Waals surface area contributed by atoms with Crippen molar-refractivity contribution in [1.29, 1.82) is 0 Å². The zero-order chi connectivity index (χ0) is 87.0. The van der Waals surface area contributed by atoms with Crippen molar-refractivity contribution in [1.82, 2.24) is 18.3 Å². The van der Waals surface area contributed by atoms with E-state index in [2.05, 4.69) is 486 Å². The molecule has 130 heavy (non-hydrogen) atoms. The van der Waals surface area contributed by atoms with Gasteiger partial charge in [-0.05, 0) is 284 Å². The summed E-state index contributed by atoms with van der Waals surface area (Å²) in [6.07, 6.45) is 0. The van der Waals surface area contributed by atoms with Gasteiger partial charge in [-0.15, -0.1) is 0 Å². The molecule has 0 unspecified atom stereocenters. The van der Waals surface area contributed by atoms with E-state index in [1.54, 1.807) is 0 Å². The van der Waals surface area contributed by atoms with Crippen LogP contribution < -0.4 is 0 Å². The Morgan fingerprint density at radius 2 is 0.315 bits per heavy atom. The van der Waals surface area contributed by atoms with Crippen LogP contribution in [0.2, 0.25) is 0 Å². The second kappa shape index (κ2) is 27.9. The first-order valence-corrected chi connectivity index (χ1v) is 45.9. The third kappa shape index (κ3) is 11.1. The Morgan fingerprint density at radius 1 is 0.131 bits per heavy atom. The van der Waals surface area contributed by atoms with Gasteiger partial charge in [-0.1, -0.05) is 328 Å². The minimum absolute atomic E-state index is 0.0690. The van der Waals surface area contributed by atoms with E-state index in [4.69, 9.17) is 0 Å². The monoisotopic (exact) mass is 1660 g/mol. The standard InChI is InChI=1S/C66H48N2.C60H44N2/c1-65(2)57-21-13-11-19-49(57)51-29-27-47(39-59(51)65)67-61-31-23-43(41-15-7-5-8-16-41)35-53(61)55-37-45(25-33-63(55)67)46-26-34-64-56(38-46)54-36-44(42-17-9-6-10-18-42)24-32-62(54)68(64)48-28-30-52-50-20-12-14-22-58(50)66(3,4)60(52)40-48;1-59(2)51-19-11-8-16-43(51)45-27-25-41(35-53(45)59)61-55-21-13-10-18-47(55)48-33-39(23-30-56(48)61)40-24-31-58-50(34-40)49-32-38(37-14-6-5-7-15-37)22-29-57(49)62(58)42-26-28-46-44-17-9-12-20-52(44)60(3,4)54(46)36-42/h5-40H,1-4H3;5-36H,1-4H3. The smallest absolute Gasteiger partial charge is 0.0541 e. The maximum absolute atomic E-state index is 2.49. The molecular formula is C126H92N4. The van der Waals surface area contributed by atoms with Gasteiger partial charge in [-0.25, -0.2) is 0 Å². The second-order valence-corrected chi connectivity index (χ2v) is 38.7. The molecule has 4 nitrogen and oxygen atoms in total. The number of para-hydroxylation sites is 1. The number of rotatable bonds is 9. The van der Waals surface area contributed by atoms with Crippen LogP contribution in [0.5, 0.6) is 0 Å². The lowest BCUT2D eigenvalue weighted by atomic mass is 9.82. The molecule has 19 aromatic carbocycles. The molecule has 0 atom stereocenters. The van der Waals surface area contributed by atoms with Gasteiger partial charge >= 0.3 is 0 Å². The minimum Gasteiger partial charge on any atom is -0.309 e. The van der Waals surface area contributed by atoms with Crippen LogP contribution in [0.3, 0.4) is 0 Å². The Morgan fingerprint density at radius 3 is 0.562 bits per heavy atom. The zero-order valence-electron chi connectivity index (χ0n) is 74.0. The Kier molecular flexibility index (Phi) is 16.3. The van der Waals surface area contributed by atoms with Gasteiger partial charge in [0, 0.05) is 87.5 Å². The van der Waals surface area contributed by atoms with E-state index in [-0.39, 0.29) is 21.7 Å². The van der Waals surface area contributed by atoms with Crippen LogP contribution in [0.1, 0.15) is 99.9 Å². The summed E-state index contributed by atoms with van der Waals surface area (Å²) in [6.45, 7) is 18.9. The molecule has 0 fully saturated rings. The molecule has 4 aromatic heterocycles. The lowest BCUT2D eigenvalue weighted by Crippen LogP contribution is -2.15. The zero-order valence-corrected chi connectivity index (χ0v) is 74.0. The van der Waals surface area contributed by atoms with Crippen LogP contribution in [-0.2, 0) is 21.7 Å². The summed E-state index contributed by atoms with van der Waals surface area (Å²) in [5, 5.41) is 10.0. The van der Waals surface area contributed by atoms with Gasteiger partial charge in [-0.2, -0.15) is 0 Å². The molecule has 0 spiro atoms. The average Bonchev–Trinajstić information content (AvgIpc) is 1.56. The lowest BCUT2D eigenvalue weighted by Gasteiger charge is -2.22. The highest BCUT2D eigenvalue weighted by atomic mass is 15.0. The number of benzene rings is 19. The summed E-state index contributed by atoms with van der Waals surface area (Å²) in [5.74, 6) is 0. The van der Waals surface area contributed by atoms with Crippen molar-refractivity contribution in [2.75, 3.05) is 0 Å².